The van der Waals surface area contributed by atoms with Crippen LogP contribution in [0.3, 0.4) is 0 Å². The SMILES string of the molecule is CS(=O)(=O)CCC(=O)N1CCCC2(CC(C(=O)Nc3cccc(Cl)c3)=NO2)C1. The average Bonchev–Trinajstić information content (AvgIpc) is 3.02. The highest BCUT2D eigenvalue weighted by molar-refractivity contribution is 7.90. The van der Waals surface area contributed by atoms with Crippen molar-refractivity contribution in [1.29, 1.82) is 0 Å². The number of likely N-dealkylation sites (tertiary alicyclic amines) is 1. The molecule has 0 radical (unpaired) electrons. The van der Waals surface area contributed by atoms with Crippen LogP contribution in [0.25, 0.3) is 0 Å². The lowest BCUT2D eigenvalue weighted by Crippen LogP contribution is -2.51. The van der Waals surface area contributed by atoms with Crippen LogP contribution >= 0.6 is 11.6 Å². The van der Waals surface area contributed by atoms with Crippen molar-refractivity contribution >= 4 is 44.7 Å². The van der Waals surface area contributed by atoms with Crippen LogP contribution in [0.4, 0.5) is 5.69 Å². The zero-order valence-corrected chi connectivity index (χ0v) is 17.1. The van der Waals surface area contributed by atoms with Crippen LogP contribution in [0.1, 0.15) is 25.7 Å². The van der Waals surface area contributed by atoms with Crippen molar-refractivity contribution in [2.24, 2.45) is 5.16 Å². The van der Waals surface area contributed by atoms with Crippen LogP contribution in [0, 0.1) is 0 Å². The predicted molar refractivity (Wildman–Crippen MR) is 106 cm³/mol. The molecule has 0 saturated carbocycles. The van der Waals surface area contributed by atoms with Gasteiger partial charge in [0.05, 0.1) is 12.3 Å². The number of carbonyl (C=O) groups is 2. The molecule has 2 amide bonds. The van der Waals surface area contributed by atoms with Crippen molar-refractivity contribution in [2.45, 2.75) is 31.3 Å². The molecule has 2 heterocycles. The first-order valence-corrected chi connectivity index (χ1v) is 11.4. The molecule has 1 aromatic carbocycles. The predicted octanol–water partition coefficient (Wildman–Crippen LogP) is 1.85. The Balaban J connectivity index is 1.59. The Kier molecular flexibility index (Phi) is 5.95. The monoisotopic (exact) mass is 427 g/mol. The van der Waals surface area contributed by atoms with Crippen LogP contribution in [-0.2, 0) is 24.3 Å². The van der Waals surface area contributed by atoms with Gasteiger partial charge in [0, 0.05) is 36.4 Å². The number of nitrogens with one attached hydrogen (secondary N) is 1. The molecule has 8 nitrogen and oxygen atoms in total. The molecular weight excluding hydrogens is 406 g/mol. The minimum Gasteiger partial charge on any atom is -0.386 e. The fourth-order valence-electron chi connectivity index (χ4n) is 3.37. The second kappa shape index (κ2) is 8.08. The van der Waals surface area contributed by atoms with Gasteiger partial charge in [0.2, 0.25) is 5.91 Å². The maximum atomic E-state index is 12.5. The minimum atomic E-state index is -3.20. The first kappa shape index (κ1) is 20.6. The van der Waals surface area contributed by atoms with Crippen molar-refractivity contribution in [1.82, 2.24) is 4.90 Å². The highest BCUT2D eigenvalue weighted by atomic mass is 35.5. The number of hydrogen-bond acceptors (Lipinski definition) is 6. The Morgan fingerprint density at radius 1 is 1.39 bits per heavy atom. The van der Waals surface area contributed by atoms with E-state index in [4.69, 9.17) is 16.4 Å². The van der Waals surface area contributed by atoms with Gasteiger partial charge in [-0.05, 0) is 31.0 Å². The zero-order chi connectivity index (χ0) is 20.4. The van der Waals surface area contributed by atoms with Gasteiger partial charge in [-0.15, -0.1) is 0 Å². The molecule has 3 rings (SSSR count). The fourth-order valence-corrected chi connectivity index (χ4v) is 4.11. The smallest absolute Gasteiger partial charge is 0.273 e. The molecule has 1 atom stereocenters. The Bertz CT molecular complexity index is 918. The highest BCUT2D eigenvalue weighted by Crippen LogP contribution is 2.34. The molecule has 2 aliphatic rings. The third kappa shape index (κ3) is 5.23. The summed E-state index contributed by atoms with van der Waals surface area (Å²) in [6.45, 7) is 0.824. The number of halogens is 1. The van der Waals surface area contributed by atoms with E-state index in [2.05, 4.69) is 10.5 Å². The topological polar surface area (TPSA) is 105 Å². The molecule has 1 fully saturated rings. The van der Waals surface area contributed by atoms with Crippen LogP contribution in [0.15, 0.2) is 29.4 Å². The molecular formula is C18H22ClN3O5S. The lowest BCUT2D eigenvalue weighted by Gasteiger charge is -2.38. The summed E-state index contributed by atoms with van der Waals surface area (Å²) in [5.41, 5.74) is 0.0767. The van der Waals surface area contributed by atoms with Crippen molar-refractivity contribution in [3.63, 3.8) is 0 Å². The first-order valence-electron chi connectivity index (χ1n) is 8.93. The molecule has 152 valence electrons. The number of sulfone groups is 1. The second-order valence-corrected chi connectivity index (χ2v) is 9.95. The van der Waals surface area contributed by atoms with E-state index in [1.165, 1.54) is 0 Å². The number of benzene rings is 1. The Morgan fingerprint density at radius 3 is 2.89 bits per heavy atom. The fraction of sp³-hybridized carbons (Fsp3) is 0.500. The number of carbonyl (C=O) groups excluding carboxylic acids is 2. The summed E-state index contributed by atoms with van der Waals surface area (Å²) in [4.78, 5) is 32.0. The first-order chi connectivity index (χ1) is 13.2. The molecule has 1 saturated heterocycles. The largest absolute Gasteiger partial charge is 0.386 e. The number of anilines is 1. The average molecular weight is 428 g/mol. The number of piperidine rings is 1. The van der Waals surface area contributed by atoms with E-state index in [9.17, 15) is 18.0 Å². The number of nitrogens with zero attached hydrogens (tertiary/aromatic N) is 2. The van der Waals surface area contributed by atoms with E-state index in [-0.39, 0.29) is 42.7 Å². The van der Waals surface area contributed by atoms with Gasteiger partial charge in [0.1, 0.15) is 15.5 Å². The highest BCUT2D eigenvalue weighted by Gasteiger charge is 2.45. The van der Waals surface area contributed by atoms with Crippen LogP contribution < -0.4 is 5.32 Å². The van der Waals surface area contributed by atoms with Crippen molar-refractivity contribution < 1.29 is 22.8 Å². The van der Waals surface area contributed by atoms with Gasteiger partial charge in [-0.3, -0.25) is 9.59 Å². The number of oxime groups is 1. The summed E-state index contributed by atoms with van der Waals surface area (Å²) in [5, 5.41) is 7.19. The Hall–Kier alpha value is -2.13. The van der Waals surface area contributed by atoms with Crippen LogP contribution in [0.2, 0.25) is 5.02 Å². The van der Waals surface area contributed by atoms with Gasteiger partial charge in [-0.25, -0.2) is 8.42 Å². The molecule has 1 spiro atoms. The van der Waals surface area contributed by atoms with E-state index in [0.29, 0.717) is 30.1 Å². The molecule has 1 aromatic rings. The second-order valence-electron chi connectivity index (χ2n) is 7.25. The number of amides is 2. The molecule has 0 aromatic heterocycles. The minimum absolute atomic E-state index is 0.0577. The molecule has 28 heavy (non-hydrogen) atoms. The molecule has 1 unspecified atom stereocenters. The van der Waals surface area contributed by atoms with Gasteiger partial charge in [0.25, 0.3) is 5.91 Å². The Morgan fingerprint density at radius 2 is 2.18 bits per heavy atom. The van der Waals surface area contributed by atoms with Gasteiger partial charge in [-0.2, -0.15) is 0 Å². The Labute approximate surface area is 168 Å². The van der Waals surface area contributed by atoms with Crippen molar-refractivity contribution in [2.75, 3.05) is 30.4 Å². The third-order valence-electron chi connectivity index (χ3n) is 4.76. The van der Waals surface area contributed by atoms with Crippen molar-refractivity contribution in [3.8, 4) is 0 Å². The normalized spacial score (nSPS) is 21.9. The maximum Gasteiger partial charge on any atom is 0.273 e. The lowest BCUT2D eigenvalue weighted by atomic mass is 9.88. The van der Waals surface area contributed by atoms with E-state index < -0.39 is 15.4 Å². The molecule has 2 aliphatic heterocycles. The van der Waals surface area contributed by atoms with Gasteiger partial charge < -0.3 is 15.1 Å². The van der Waals surface area contributed by atoms with E-state index in [0.717, 1.165) is 6.26 Å². The summed E-state index contributed by atoms with van der Waals surface area (Å²) in [6.07, 6.45) is 2.70. The molecule has 10 heteroatoms. The summed E-state index contributed by atoms with van der Waals surface area (Å²) < 4.78 is 22.6. The summed E-state index contributed by atoms with van der Waals surface area (Å²) in [5.74, 6) is -0.787. The summed E-state index contributed by atoms with van der Waals surface area (Å²) in [6, 6.07) is 6.79. The lowest BCUT2D eigenvalue weighted by molar-refractivity contribution is -0.140. The molecule has 0 aliphatic carbocycles. The number of rotatable bonds is 5. The van der Waals surface area contributed by atoms with E-state index in [1.54, 1.807) is 29.2 Å². The summed E-state index contributed by atoms with van der Waals surface area (Å²) >= 11 is 5.92. The third-order valence-corrected chi connectivity index (χ3v) is 5.94. The standard InChI is InChI=1S/C18H22ClN3O5S/c1-28(25,26)9-6-16(23)22-8-3-7-18(12-22)11-15(21-27-18)17(24)20-14-5-2-4-13(19)10-14/h2,4-5,10H,3,6-9,11-12H2,1H3,(H,20,24). The van der Waals surface area contributed by atoms with Gasteiger partial charge in [0.15, 0.2) is 5.60 Å². The van der Waals surface area contributed by atoms with Gasteiger partial charge in [-0.1, -0.05) is 22.8 Å². The number of hydrogen-bond donors (Lipinski definition) is 1. The zero-order valence-electron chi connectivity index (χ0n) is 15.5. The molecule has 0 bridgehead atoms. The van der Waals surface area contributed by atoms with Crippen molar-refractivity contribution in [3.05, 3.63) is 29.3 Å². The van der Waals surface area contributed by atoms with Crippen LogP contribution in [0.5, 0.6) is 0 Å². The molecule has 1 N–H and O–H groups in total. The van der Waals surface area contributed by atoms with E-state index >= 15 is 0 Å². The maximum absolute atomic E-state index is 12.5. The summed E-state index contributed by atoms with van der Waals surface area (Å²) in [7, 11) is -3.20. The van der Waals surface area contributed by atoms with E-state index in [1.807, 2.05) is 0 Å². The van der Waals surface area contributed by atoms with Crippen LogP contribution in [-0.4, -0.2) is 61.5 Å². The van der Waals surface area contributed by atoms with Gasteiger partial charge >= 0.3 is 0 Å². The quantitative estimate of drug-likeness (QED) is 0.772.